The first-order valence-corrected chi connectivity index (χ1v) is 29.0. The number of amidine groups is 2. The van der Waals surface area contributed by atoms with E-state index in [9.17, 15) is 0 Å². The normalized spacial score (nSPS) is 13.9. The minimum Gasteiger partial charge on any atom is -0.261 e. The Hall–Kier alpha value is -11.3. The molecular weight excluding hydrogens is 1040 g/mol. The molecule has 1 atom stereocenters. The van der Waals surface area contributed by atoms with Gasteiger partial charge in [-0.15, -0.1) is 0 Å². The number of hydrogen-bond donors (Lipinski definition) is 0. The van der Waals surface area contributed by atoms with E-state index in [1.807, 2.05) is 36.4 Å². The molecule has 0 N–H and O–H groups in total. The summed E-state index contributed by atoms with van der Waals surface area (Å²) >= 11 is 0. The summed E-state index contributed by atoms with van der Waals surface area (Å²) in [6.45, 7) is 4.40. The molecule has 0 aliphatic heterocycles. The first-order chi connectivity index (χ1) is 42.5. The molecule has 12 aromatic carbocycles. The molecule has 1 spiro atoms. The van der Waals surface area contributed by atoms with Crippen LogP contribution in [0.15, 0.2) is 318 Å². The predicted molar refractivity (Wildman–Crippen MR) is 353 cm³/mol. The Morgan fingerprint density at radius 3 is 1.13 bits per heavy atom. The van der Waals surface area contributed by atoms with Crippen molar-refractivity contribution in [3.63, 3.8) is 0 Å². The van der Waals surface area contributed by atoms with Crippen molar-refractivity contribution in [2.45, 2.75) is 12.0 Å². The third-order valence-corrected chi connectivity index (χ3v) is 16.7. The highest BCUT2D eigenvalue weighted by Gasteiger charge is 2.51. The van der Waals surface area contributed by atoms with Crippen molar-refractivity contribution < 1.29 is 0 Å². The molecule has 0 saturated heterocycles. The van der Waals surface area contributed by atoms with Crippen LogP contribution in [0.4, 0.5) is 0 Å². The van der Waals surface area contributed by atoms with E-state index in [2.05, 4.69) is 279 Å². The highest BCUT2D eigenvalue weighted by Crippen LogP contribution is 2.63. The van der Waals surface area contributed by atoms with Crippen LogP contribution < -0.4 is 0 Å². The molecule has 13 aromatic rings. The zero-order chi connectivity index (χ0) is 57.4. The first-order valence-electron chi connectivity index (χ1n) is 29.0. The van der Waals surface area contributed by atoms with Gasteiger partial charge in [-0.05, 0) is 132 Å². The van der Waals surface area contributed by atoms with E-state index in [4.69, 9.17) is 24.9 Å². The average Bonchev–Trinajstić information content (AvgIpc) is 1.54. The molecule has 0 saturated carbocycles. The first kappa shape index (κ1) is 51.5. The molecule has 0 radical (unpaired) electrons. The van der Waals surface area contributed by atoms with Gasteiger partial charge in [-0.25, -0.2) is 24.9 Å². The summed E-state index contributed by atoms with van der Waals surface area (Å²) in [6, 6.07) is 107. The van der Waals surface area contributed by atoms with Gasteiger partial charge in [0.1, 0.15) is 0 Å². The van der Waals surface area contributed by atoms with Crippen LogP contribution in [0, 0.1) is 0 Å². The Kier molecular flexibility index (Phi) is 13.2. The van der Waals surface area contributed by atoms with Crippen molar-refractivity contribution >= 4 is 18.4 Å². The SMILES string of the molecule is C=N/C(=N\C(=N/Cc1ccc2c(c1)C1(c3ccccc3-2)c2ccccc2-c2ccc(-c3nc(-c4cccc(-c5ccccc5)c4)nc(-c4cccc(-c5ccccc5)c4)n3)cc21)c1cccc(-c2ccccc2)c1)c1cccc(-c2ccccc2)c1. The Morgan fingerprint density at radius 1 is 0.291 bits per heavy atom. The number of rotatable bonds is 11. The third kappa shape index (κ3) is 9.36. The molecule has 15 rings (SSSR count). The van der Waals surface area contributed by atoms with E-state index >= 15 is 0 Å². The Morgan fingerprint density at radius 2 is 0.651 bits per heavy atom. The second-order valence-corrected chi connectivity index (χ2v) is 21.8. The maximum atomic E-state index is 5.46. The van der Waals surface area contributed by atoms with E-state index in [1.54, 1.807) is 0 Å². The van der Waals surface area contributed by atoms with Gasteiger partial charge in [0, 0.05) is 27.8 Å². The molecule has 6 nitrogen and oxygen atoms in total. The molecule has 0 amide bonds. The highest BCUT2D eigenvalue weighted by atomic mass is 15.0. The second-order valence-electron chi connectivity index (χ2n) is 21.8. The zero-order valence-corrected chi connectivity index (χ0v) is 47.0. The van der Waals surface area contributed by atoms with Crippen molar-refractivity contribution in [2.24, 2.45) is 15.0 Å². The van der Waals surface area contributed by atoms with Crippen LogP contribution in [0.2, 0.25) is 0 Å². The van der Waals surface area contributed by atoms with Crippen LogP contribution in [0.3, 0.4) is 0 Å². The molecule has 0 bridgehead atoms. The number of benzene rings is 12. The second kappa shape index (κ2) is 22.1. The summed E-state index contributed by atoms with van der Waals surface area (Å²) in [5, 5.41) is 0. The lowest BCUT2D eigenvalue weighted by molar-refractivity contribution is 0.791. The molecule has 86 heavy (non-hydrogen) atoms. The molecule has 404 valence electrons. The summed E-state index contributed by atoms with van der Waals surface area (Å²) in [7, 11) is 0. The fraction of sp³-hybridized carbons (Fsp3) is 0.0250. The number of hydrogen-bond acceptors (Lipinski definition) is 4. The van der Waals surface area contributed by atoms with Gasteiger partial charge in [0.15, 0.2) is 29.1 Å². The van der Waals surface area contributed by atoms with E-state index in [1.165, 1.54) is 44.5 Å². The number of nitrogens with zero attached hydrogens (tertiary/aromatic N) is 6. The average molecular weight is 1100 g/mol. The number of fused-ring (bicyclic) bond motifs is 10. The lowest BCUT2D eigenvalue weighted by Crippen LogP contribution is -2.26. The van der Waals surface area contributed by atoms with Gasteiger partial charge in [-0.2, -0.15) is 0 Å². The number of aliphatic imine (C=N–C) groups is 3. The maximum Gasteiger partial charge on any atom is 0.164 e. The smallest absolute Gasteiger partial charge is 0.164 e. The Labute approximate surface area is 500 Å². The van der Waals surface area contributed by atoms with Crippen molar-refractivity contribution in [1.82, 2.24) is 15.0 Å². The molecule has 2 aliphatic rings. The summed E-state index contributed by atoms with van der Waals surface area (Å²) in [4.78, 5) is 31.4. The maximum absolute atomic E-state index is 5.46. The van der Waals surface area contributed by atoms with Gasteiger partial charge in [-0.1, -0.05) is 273 Å². The van der Waals surface area contributed by atoms with Crippen LogP contribution in [0.1, 0.15) is 38.9 Å². The van der Waals surface area contributed by atoms with Crippen LogP contribution >= 0.6 is 0 Å². The topological polar surface area (TPSA) is 75.8 Å². The van der Waals surface area contributed by atoms with Crippen LogP contribution in [0.5, 0.6) is 0 Å². The van der Waals surface area contributed by atoms with Crippen molar-refractivity contribution in [3.05, 3.63) is 342 Å². The van der Waals surface area contributed by atoms with E-state index in [0.717, 1.165) is 77.9 Å². The summed E-state index contributed by atoms with van der Waals surface area (Å²) in [6.07, 6.45) is 0. The number of aromatic nitrogens is 3. The molecular formula is C80H54N6. The summed E-state index contributed by atoms with van der Waals surface area (Å²) < 4.78 is 0. The molecule has 2 aliphatic carbocycles. The third-order valence-electron chi connectivity index (χ3n) is 16.7. The lowest BCUT2D eigenvalue weighted by atomic mass is 9.70. The van der Waals surface area contributed by atoms with Crippen molar-refractivity contribution in [3.8, 4) is 101 Å². The van der Waals surface area contributed by atoms with E-state index < -0.39 is 5.41 Å². The molecule has 1 unspecified atom stereocenters. The van der Waals surface area contributed by atoms with E-state index in [0.29, 0.717) is 35.7 Å². The fourth-order valence-electron chi connectivity index (χ4n) is 12.7. The van der Waals surface area contributed by atoms with Gasteiger partial charge in [0.2, 0.25) is 0 Å². The van der Waals surface area contributed by atoms with E-state index in [-0.39, 0.29) is 0 Å². The molecule has 1 aromatic heterocycles. The van der Waals surface area contributed by atoms with Gasteiger partial charge in [-0.3, -0.25) is 4.99 Å². The Bertz CT molecular complexity index is 4690. The Balaban J connectivity index is 0.880. The lowest BCUT2D eigenvalue weighted by Gasteiger charge is -2.31. The van der Waals surface area contributed by atoms with Crippen LogP contribution in [0.25, 0.3) is 101 Å². The molecule has 1 heterocycles. The summed E-state index contributed by atoms with van der Waals surface area (Å²) in [5.74, 6) is 2.84. The van der Waals surface area contributed by atoms with Gasteiger partial charge in [0.25, 0.3) is 0 Å². The van der Waals surface area contributed by atoms with Gasteiger partial charge < -0.3 is 0 Å². The summed E-state index contributed by atoms with van der Waals surface area (Å²) in [5.41, 5.74) is 23.2. The van der Waals surface area contributed by atoms with Crippen LogP contribution in [-0.4, -0.2) is 33.3 Å². The van der Waals surface area contributed by atoms with Gasteiger partial charge >= 0.3 is 0 Å². The minimum absolute atomic E-state index is 0.352. The van der Waals surface area contributed by atoms with Crippen LogP contribution in [-0.2, 0) is 12.0 Å². The highest BCUT2D eigenvalue weighted by molar-refractivity contribution is 6.13. The zero-order valence-electron chi connectivity index (χ0n) is 47.0. The minimum atomic E-state index is -0.686. The monoisotopic (exact) mass is 1100 g/mol. The quantitative estimate of drug-likeness (QED) is 0.0956. The molecule has 0 fully saturated rings. The standard InChI is InChI=1S/C80H54N6/c1-81-75(62-34-18-30-58(47-62)54-22-6-2-7-23-54)83-76(63-35-19-31-59(48-63)55-24-8-3-9-25-55)82-52-53-42-44-69-67-38-14-16-40-71(67)80(73(69)46-53)72-41-17-15-39-68(72)70-45-43-66(51-74(70)80)79-85-77(64-36-20-32-60(49-64)56-26-10-4-11-27-56)84-78(86-79)65-37-21-33-61(50-65)57-28-12-5-13-29-57/h2-51H,1,52H2/b82-76-,83-75-. The molecule has 6 heteroatoms. The van der Waals surface area contributed by atoms with Crippen molar-refractivity contribution in [2.75, 3.05) is 0 Å². The van der Waals surface area contributed by atoms with Gasteiger partial charge in [0.05, 0.1) is 12.0 Å². The largest absolute Gasteiger partial charge is 0.261 e. The fourth-order valence-corrected chi connectivity index (χ4v) is 12.7. The van der Waals surface area contributed by atoms with Crippen molar-refractivity contribution in [1.29, 1.82) is 0 Å². The predicted octanol–water partition coefficient (Wildman–Crippen LogP) is 19.0.